The maximum absolute atomic E-state index is 12.6. The quantitative estimate of drug-likeness (QED) is 0.679. The molecule has 0 aliphatic carbocycles. The van der Waals surface area contributed by atoms with Crippen LogP contribution in [0.25, 0.3) is 11.0 Å². The summed E-state index contributed by atoms with van der Waals surface area (Å²) in [7, 11) is 1.64. The molecule has 1 aliphatic rings. The molecule has 2 amide bonds. The van der Waals surface area contributed by atoms with Crippen LogP contribution in [0.1, 0.15) is 23.2 Å². The number of aromatic amines is 1. The number of nitrogens with two attached hydrogens (primary N) is 1. The van der Waals surface area contributed by atoms with Crippen molar-refractivity contribution >= 4 is 22.8 Å². The number of aromatic nitrogens is 2. The van der Waals surface area contributed by atoms with Crippen LogP contribution in [0.5, 0.6) is 0 Å². The summed E-state index contributed by atoms with van der Waals surface area (Å²) < 4.78 is 1.45. The second-order valence-corrected chi connectivity index (χ2v) is 5.95. The van der Waals surface area contributed by atoms with Crippen LogP contribution in [0.15, 0.2) is 23.0 Å². The Labute approximate surface area is 131 Å². The molecule has 8 nitrogen and oxygen atoms in total. The summed E-state index contributed by atoms with van der Waals surface area (Å²) in [5, 5.41) is 10.2. The molecule has 1 unspecified atom stereocenters. The van der Waals surface area contributed by atoms with Crippen LogP contribution in [0.4, 0.5) is 0 Å². The van der Waals surface area contributed by atoms with Crippen molar-refractivity contribution in [3.05, 3.63) is 34.2 Å². The summed E-state index contributed by atoms with van der Waals surface area (Å²) in [5.74, 6) is -1.13. The van der Waals surface area contributed by atoms with E-state index in [1.165, 1.54) is 9.47 Å². The number of aryl methyl sites for hydroxylation is 1. The highest BCUT2D eigenvalue weighted by atomic mass is 16.3. The number of imidazole rings is 1. The number of fused-ring (bicyclic) bond motifs is 1. The number of carbonyl (C=O) groups excluding carboxylic acids is 2. The number of hydrogen-bond donors (Lipinski definition) is 3. The first-order valence-electron chi connectivity index (χ1n) is 7.32. The molecule has 1 saturated heterocycles. The Hall–Kier alpha value is -2.61. The molecule has 0 radical (unpaired) electrons. The smallest absolute Gasteiger partial charge is 0.326 e. The van der Waals surface area contributed by atoms with Crippen molar-refractivity contribution in [1.82, 2.24) is 14.5 Å². The number of piperidine rings is 1. The molecule has 0 saturated carbocycles. The molecule has 1 aliphatic heterocycles. The summed E-state index contributed by atoms with van der Waals surface area (Å²) in [6.07, 6.45) is 0.743. The Kier molecular flexibility index (Phi) is 3.48. The highest BCUT2D eigenvalue weighted by molar-refractivity contribution is 5.98. The van der Waals surface area contributed by atoms with E-state index >= 15 is 0 Å². The minimum absolute atomic E-state index is 0.121. The van der Waals surface area contributed by atoms with Gasteiger partial charge in [0.25, 0.3) is 11.8 Å². The molecule has 2 heterocycles. The SMILES string of the molecule is Cn1c(=O)[nH]c2cc(C(=O)N3CCCC(O)(C(N)=O)C3)ccc21. The molecule has 1 fully saturated rings. The van der Waals surface area contributed by atoms with E-state index in [0.29, 0.717) is 29.6 Å². The van der Waals surface area contributed by atoms with Gasteiger partial charge in [0.15, 0.2) is 5.60 Å². The second-order valence-electron chi connectivity index (χ2n) is 5.95. The maximum atomic E-state index is 12.6. The van der Waals surface area contributed by atoms with Crippen molar-refractivity contribution < 1.29 is 14.7 Å². The maximum Gasteiger partial charge on any atom is 0.326 e. The summed E-state index contributed by atoms with van der Waals surface area (Å²) in [6.45, 7) is 0.322. The number of β-amino-alcohol motifs (C(OH)–C–C–N with tert-alkyl or cyclic N) is 1. The fourth-order valence-electron chi connectivity index (χ4n) is 2.96. The van der Waals surface area contributed by atoms with Crippen LogP contribution >= 0.6 is 0 Å². The first kappa shape index (κ1) is 15.3. The van der Waals surface area contributed by atoms with E-state index in [2.05, 4.69) is 4.98 Å². The Morgan fingerprint density at radius 2 is 2.13 bits per heavy atom. The number of rotatable bonds is 2. The van der Waals surface area contributed by atoms with Gasteiger partial charge in [-0.25, -0.2) is 4.79 Å². The van der Waals surface area contributed by atoms with Gasteiger partial charge in [-0.05, 0) is 31.0 Å². The van der Waals surface area contributed by atoms with Gasteiger partial charge in [0, 0.05) is 19.2 Å². The van der Waals surface area contributed by atoms with E-state index in [1.54, 1.807) is 25.2 Å². The Morgan fingerprint density at radius 1 is 1.39 bits per heavy atom. The predicted octanol–water partition coefficient (Wildman–Crippen LogP) is -0.681. The number of aliphatic hydroxyl groups is 1. The van der Waals surface area contributed by atoms with Gasteiger partial charge >= 0.3 is 5.69 Å². The summed E-state index contributed by atoms with van der Waals surface area (Å²) >= 11 is 0. The summed E-state index contributed by atoms with van der Waals surface area (Å²) in [6, 6.07) is 4.90. The van der Waals surface area contributed by atoms with Crippen molar-refractivity contribution in [2.45, 2.75) is 18.4 Å². The van der Waals surface area contributed by atoms with Crippen molar-refractivity contribution in [2.24, 2.45) is 12.8 Å². The lowest BCUT2D eigenvalue weighted by Gasteiger charge is -2.37. The third-order valence-electron chi connectivity index (χ3n) is 4.37. The Morgan fingerprint density at radius 3 is 2.83 bits per heavy atom. The van der Waals surface area contributed by atoms with Crippen LogP contribution in [0.2, 0.25) is 0 Å². The number of benzene rings is 1. The number of carbonyl (C=O) groups is 2. The fraction of sp³-hybridized carbons (Fsp3) is 0.400. The third-order valence-corrected chi connectivity index (χ3v) is 4.37. The molecular weight excluding hydrogens is 300 g/mol. The third kappa shape index (κ3) is 2.50. The average Bonchev–Trinajstić information content (AvgIpc) is 2.80. The minimum Gasteiger partial charge on any atom is -0.378 e. The van der Waals surface area contributed by atoms with E-state index in [4.69, 9.17) is 5.73 Å². The molecule has 0 spiro atoms. The molecular formula is C15H18N4O4. The first-order chi connectivity index (χ1) is 10.8. The lowest BCUT2D eigenvalue weighted by Crippen LogP contribution is -2.57. The zero-order valence-corrected chi connectivity index (χ0v) is 12.7. The molecule has 1 atom stereocenters. The molecule has 23 heavy (non-hydrogen) atoms. The van der Waals surface area contributed by atoms with Gasteiger partial charge in [0.1, 0.15) is 0 Å². The Bertz CT molecular complexity index is 853. The largest absolute Gasteiger partial charge is 0.378 e. The number of nitrogens with zero attached hydrogens (tertiary/aromatic N) is 2. The van der Waals surface area contributed by atoms with Crippen LogP contribution in [-0.2, 0) is 11.8 Å². The van der Waals surface area contributed by atoms with Crippen LogP contribution in [0, 0.1) is 0 Å². The lowest BCUT2D eigenvalue weighted by molar-refractivity contribution is -0.140. The number of primary amides is 1. The van der Waals surface area contributed by atoms with Crippen LogP contribution in [-0.4, -0.2) is 50.1 Å². The van der Waals surface area contributed by atoms with Gasteiger partial charge < -0.3 is 20.7 Å². The fourth-order valence-corrected chi connectivity index (χ4v) is 2.96. The standard InChI is InChI=1S/C15H18N4O4/c1-18-11-4-3-9(7-10(11)17-14(18)22)12(20)19-6-2-5-15(23,8-19)13(16)21/h3-4,7,23H,2,5-6,8H2,1H3,(H2,16,21)(H,17,22). The van der Waals surface area contributed by atoms with Gasteiger partial charge in [-0.15, -0.1) is 0 Å². The zero-order valence-electron chi connectivity index (χ0n) is 12.7. The van der Waals surface area contributed by atoms with Crippen molar-refractivity contribution in [3.63, 3.8) is 0 Å². The molecule has 0 bridgehead atoms. The number of hydrogen-bond acceptors (Lipinski definition) is 4. The number of likely N-dealkylation sites (tertiary alicyclic amines) is 1. The van der Waals surface area contributed by atoms with Gasteiger partial charge in [-0.2, -0.15) is 0 Å². The van der Waals surface area contributed by atoms with Crippen LogP contribution in [0.3, 0.4) is 0 Å². The Balaban J connectivity index is 1.91. The zero-order chi connectivity index (χ0) is 16.8. The molecule has 1 aromatic heterocycles. The molecule has 122 valence electrons. The molecule has 4 N–H and O–H groups in total. The normalized spacial score (nSPS) is 21.6. The highest BCUT2D eigenvalue weighted by Gasteiger charge is 2.40. The van der Waals surface area contributed by atoms with E-state index in [-0.39, 0.29) is 24.6 Å². The van der Waals surface area contributed by atoms with Crippen molar-refractivity contribution in [2.75, 3.05) is 13.1 Å². The van der Waals surface area contributed by atoms with Crippen LogP contribution < -0.4 is 11.4 Å². The van der Waals surface area contributed by atoms with Gasteiger partial charge in [-0.3, -0.25) is 14.2 Å². The molecule has 1 aromatic carbocycles. The van der Waals surface area contributed by atoms with Crippen molar-refractivity contribution in [1.29, 1.82) is 0 Å². The number of amides is 2. The van der Waals surface area contributed by atoms with E-state index in [0.717, 1.165) is 0 Å². The number of nitrogens with one attached hydrogen (secondary N) is 1. The number of H-pyrrole nitrogens is 1. The predicted molar refractivity (Wildman–Crippen MR) is 82.8 cm³/mol. The van der Waals surface area contributed by atoms with Crippen molar-refractivity contribution in [3.8, 4) is 0 Å². The topological polar surface area (TPSA) is 121 Å². The van der Waals surface area contributed by atoms with E-state index in [1.807, 2.05) is 0 Å². The summed E-state index contributed by atoms with van der Waals surface area (Å²) in [4.78, 5) is 39.7. The van der Waals surface area contributed by atoms with Gasteiger partial charge in [0.05, 0.1) is 17.6 Å². The first-order valence-corrected chi connectivity index (χ1v) is 7.32. The summed E-state index contributed by atoms with van der Waals surface area (Å²) in [5.41, 5.74) is 4.92. The van der Waals surface area contributed by atoms with E-state index in [9.17, 15) is 19.5 Å². The second kappa shape index (κ2) is 5.24. The van der Waals surface area contributed by atoms with E-state index < -0.39 is 11.5 Å². The molecule has 2 aromatic rings. The van der Waals surface area contributed by atoms with Gasteiger partial charge in [-0.1, -0.05) is 0 Å². The lowest BCUT2D eigenvalue weighted by atomic mass is 9.92. The average molecular weight is 318 g/mol. The highest BCUT2D eigenvalue weighted by Crippen LogP contribution is 2.23. The molecule has 8 heteroatoms. The van der Waals surface area contributed by atoms with Gasteiger partial charge in [0.2, 0.25) is 0 Å². The minimum atomic E-state index is -1.68. The monoisotopic (exact) mass is 318 g/mol. The molecule has 3 rings (SSSR count).